The fourth-order valence-electron chi connectivity index (χ4n) is 0. The van der Waals surface area contributed by atoms with Gasteiger partial charge >= 0.3 is 0 Å². The van der Waals surface area contributed by atoms with Crippen molar-refractivity contribution in [3.05, 3.63) is 0 Å². The predicted molar refractivity (Wildman–Crippen MR) is 58.9 cm³/mol. The van der Waals surface area contributed by atoms with E-state index in [0.717, 1.165) is 0 Å². The molecule has 0 N–H and O–H groups in total. The summed E-state index contributed by atoms with van der Waals surface area (Å²) < 4.78 is -0.750. The van der Waals surface area contributed by atoms with Crippen molar-refractivity contribution in [1.29, 1.82) is 0 Å². The molecule has 0 aliphatic rings. The first-order valence-electron chi connectivity index (χ1n) is 2.87. The number of Topliss-reactive ketones (excluding diaryl/α,β-unsaturated/α-hetero) is 1. The van der Waals surface area contributed by atoms with Crippen LogP contribution in [0.1, 0.15) is 20.8 Å². The number of alkyl halides is 5. The van der Waals surface area contributed by atoms with Crippen molar-refractivity contribution >= 4 is 63.8 Å². The standard InChI is InChI=1S/C3H6O.C2H4Cl2.CHCl3/c1-3(2)4;1-2(3)4;2-1(3)4/h1-2H3;2H,1H3;1H. The molecule has 0 aromatic heterocycles. The van der Waals surface area contributed by atoms with Gasteiger partial charge in [0.1, 0.15) is 10.6 Å². The summed E-state index contributed by atoms with van der Waals surface area (Å²) >= 11 is 24.5. The van der Waals surface area contributed by atoms with Crippen LogP contribution in [0.5, 0.6) is 0 Å². The minimum Gasteiger partial charge on any atom is -0.300 e. The van der Waals surface area contributed by atoms with Gasteiger partial charge in [0, 0.05) is 0 Å². The zero-order valence-corrected chi connectivity index (χ0v) is 10.7. The number of carbonyl (C=O) groups excluding carboxylic acids is 1. The lowest BCUT2D eigenvalue weighted by Crippen LogP contribution is -1.69. The fraction of sp³-hybridized carbons (Fsp3) is 0.833. The molecular weight excluding hydrogens is 265 g/mol. The van der Waals surface area contributed by atoms with Crippen LogP contribution in [0.2, 0.25) is 0 Å². The summed E-state index contributed by atoms with van der Waals surface area (Å²) in [7, 11) is 0. The van der Waals surface area contributed by atoms with Gasteiger partial charge in [-0.3, -0.25) is 0 Å². The fourth-order valence-corrected chi connectivity index (χ4v) is 0. The average Bonchev–Trinajstić information content (AvgIpc) is 1.54. The first-order chi connectivity index (χ1) is 5.20. The minimum atomic E-state index is -0.750. The molecule has 0 aromatic carbocycles. The molecule has 0 fully saturated rings. The van der Waals surface area contributed by atoms with Gasteiger partial charge in [0.15, 0.2) is 4.30 Å². The van der Waals surface area contributed by atoms with Crippen molar-refractivity contribution in [2.24, 2.45) is 0 Å². The molecule has 0 amide bonds. The predicted octanol–water partition coefficient (Wildman–Crippen LogP) is 4.39. The van der Waals surface area contributed by atoms with Crippen LogP contribution < -0.4 is 0 Å². The van der Waals surface area contributed by atoms with Gasteiger partial charge in [0.25, 0.3) is 0 Å². The highest BCUT2D eigenvalue weighted by atomic mass is 35.6. The van der Waals surface area contributed by atoms with Crippen molar-refractivity contribution in [2.75, 3.05) is 0 Å². The maximum absolute atomic E-state index is 9.44. The Balaban J connectivity index is -0.000000101. The number of carbonyl (C=O) groups is 1. The van der Waals surface area contributed by atoms with Gasteiger partial charge in [-0.1, -0.05) is 34.8 Å². The smallest absolute Gasteiger partial charge is 0.180 e. The average molecular weight is 276 g/mol. The van der Waals surface area contributed by atoms with Crippen molar-refractivity contribution in [2.45, 2.75) is 29.9 Å². The molecule has 0 atom stereocenters. The second kappa shape index (κ2) is 14.6. The van der Waals surface area contributed by atoms with Gasteiger partial charge < -0.3 is 4.79 Å². The molecule has 1 nitrogen and oxygen atoms in total. The second-order valence-electron chi connectivity index (χ2n) is 1.67. The van der Waals surface area contributed by atoms with Gasteiger partial charge in [-0.2, -0.15) is 0 Å². The summed E-state index contributed by atoms with van der Waals surface area (Å²) in [4.78, 5) is 9.22. The van der Waals surface area contributed by atoms with E-state index in [9.17, 15) is 4.79 Å². The number of ketones is 1. The zero-order valence-electron chi connectivity index (χ0n) is 6.95. The molecule has 6 heteroatoms. The lowest BCUT2D eigenvalue weighted by Gasteiger charge is -1.72. The summed E-state index contributed by atoms with van der Waals surface area (Å²) in [5.74, 6) is 0.167. The first kappa shape index (κ1) is 18.8. The van der Waals surface area contributed by atoms with E-state index in [4.69, 9.17) is 58.0 Å². The number of rotatable bonds is 0. The van der Waals surface area contributed by atoms with Crippen LogP contribution >= 0.6 is 58.0 Å². The molecule has 0 spiro atoms. The van der Waals surface area contributed by atoms with E-state index < -0.39 is 4.30 Å². The third-order valence-corrected chi connectivity index (χ3v) is 0. The molecule has 12 heavy (non-hydrogen) atoms. The van der Waals surface area contributed by atoms with E-state index in [-0.39, 0.29) is 10.6 Å². The third-order valence-electron chi connectivity index (χ3n) is 0. The highest BCUT2D eigenvalue weighted by Gasteiger charge is 1.78. The van der Waals surface area contributed by atoms with Gasteiger partial charge in [0.2, 0.25) is 0 Å². The molecule has 76 valence electrons. The first-order valence-corrected chi connectivity index (χ1v) is 5.05. The van der Waals surface area contributed by atoms with E-state index in [0.29, 0.717) is 0 Å². The summed E-state index contributed by atoms with van der Waals surface area (Å²) in [5.41, 5.74) is 0. The van der Waals surface area contributed by atoms with Crippen LogP contribution in [0.15, 0.2) is 0 Å². The summed E-state index contributed by atoms with van der Waals surface area (Å²) in [6, 6.07) is 0. The van der Waals surface area contributed by atoms with Crippen LogP contribution in [-0.4, -0.2) is 14.9 Å². The summed E-state index contributed by atoms with van der Waals surface area (Å²) in [6.07, 6.45) is 0. The maximum atomic E-state index is 9.44. The van der Waals surface area contributed by atoms with Crippen LogP contribution in [0.3, 0.4) is 0 Å². The Hall–Kier alpha value is 1.12. The van der Waals surface area contributed by atoms with Crippen LogP contribution in [0.25, 0.3) is 0 Å². The van der Waals surface area contributed by atoms with E-state index in [1.165, 1.54) is 13.8 Å². The highest BCUT2D eigenvalue weighted by molar-refractivity contribution is 6.63. The molecule has 0 saturated carbocycles. The molecule has 0 saturated heterocycles. The number of halogens is 5. The van der Waals surface area contributed by atoms with Crippen LogP contribution in [-0.2, 0) is 4.79 Å². The lowest BCUT2D eigenvalue weighted by atomic mass is 10.6. The topological polar surface area (TPSA) is 17.1 Å². The number of hydrogen-bond donors (Lipinski definition) is 0. The molecular formula is C6H11Cl5O. The minimum absolute atomic E-state index is 0.167. The van der Waals surface area contributed by atoms with E-state index in [1.807, 2.05) is 0 Å². The zero-order chi connectivity index (χ0) is 10.7. The Morgan fingerprint density at radius 2 is 1.00 bits per heavy atom. The monoisotopic (exact) mass is 274 g/mol. The molecule has 0 bridgehead atoms. The van der Waals surface area contributed by atoms with Crippen molar-refractivity contribution in [1.82, 2.24) is 0 Å². The van der Waals surface area contributed by atoms with Crippen molar-refractivity contribution in [3.63, 3.8) is 0 Å². The van der Waals surface area contributed by atoms with Crippen LogP contribution in [0.4, 0.5) is 0 Å². The second-order valence-corrected chi connectivity index (χ2v) is 5.19. The van der Waals surface area contributed by atoms with E-state index in [2.05, 4.69) is 0 Å². The van der Waals surface area contributed by atoms with E-state index >= 15 is 0 Å². The molecule has 0 aliphatic carbocycles. The SMILES string of the molecule is CC(C)=O.CC(Cl)Cl.ClC(Cl)Cl. The molecule has 0 aliphatic heterocycles. The maximum Gasteiger partial charge on any atom is 0.180 e. The molecule has 0 radical (unpaired) electrons. The quantitative estimate of drug-likeness (QED) is 0.600. The van der Waals surface area contributed by atoms with E-state index in [1.54, 1.807) is 6.92 Å². The van der Waals surface area contributed by atoms with Crippen molar-refractivity contribution < 1.29 is 4.79 Å². The molecule has 0 unspecified atom stereocenters. The van der Waals surface area contributed by atoms with Crippen LogP contribution in [0, 0.1) is 0 Å². The molecule has 0 aromatic rings. The van der Waals surface area contributed by atoms with Gasteiger partial charge in [0.05, 0.1) is 0 Å². The Bertz CT molecular complexity index is 78.4. The van der Waals surface area contributed by atoms with Crippen molar-refractivity contribution in [3.8, 4) is 0 Å². The normalized spacial score (nSPS) is 8.17. The third kappa shape index (κ3) is 908. The Kier molecular flexibility index (Phi) is 22.9. The van der Waals surface area contributed by atoms with Gasteiger partial charge in [-0.25, -0.2) is 0 Å². The Labute approximate surface area is 98.3 Å². The summed E-state index contributed by atoms with van der Waals surface area (Å²) in [5, 5.41) is 0. The molecule has 0 heterocycles. The van der Waals surface area contributed by atoms with Gasteiger partial charge in [-0.05, 0) is 20.8 Å². The number of hydrogen-bond acceptors (Lipinski definition) is 1. The molecule has 0 rings (SSSR count). The highest BCUT2D eigenvalue weighted by Crippen LogP contribution is 2.03. The summed E-state index contributed by atoms with van der Waals surface area (Å²) in [6.45, 7) is 4.75. The Morgan fingerprint density at radius 1 is 1.00 bits per heavy atom. The van der Waals surface area contributed by atoms with Gasteiger partial charge in [-0.15, -0.1) is 23.2 Å². The lowest BCUT2D eigenvalue weighted by molar-refractivity contribution is -0.114. The Morgan fingerprint density at radius 3 is 1.00 bits per heavy atom. The largest absolute Gasteiger partial charge is 0.300 e.